The second-order valence-electron chi connectivity index (χ2n) is 6.62. The average molecular weight is 448 g/mol. The van der Waals surface area contributed by atoms with Crippen molar-refractivity contribution in [2.24, 2.45) is 0 Å². The summed E-state index contributed by atoms with van der Waals surface area (Å²) in [5.41, 5.74) is 1.24. The number of carbonyl (C=O) groups excluding carboxylic acids is 1. The lowest BCUT2D eigenvalue weighted by Gasteiger charge is -2.34. The number of dihydropyridines is 1. The van der Waals surface area contributed by atoms with Gasteiger partial charge >= 0.3 is 13.6 Å². The molecule has 0 saturated carbocycles. The van der Waals surface area contributed by atoms with Crippen LogP contribution in [0, 0.1) is 10.1 Å². The topological polar surface area (TPSA) is 117 Å². The van der Waals surface area contributed by atoms with Crippen LogP contribution in [0.4, 0.5) is 5.69 Å². The maximum absolute atomic E-state index is 13.9. The Morgan fingerprint density at radius 3 is 2.35 bits per heavy atom. The molecule has 1 heterocycles. The third-order valence-corrected chi connectivity index (χ3v) is 6.73. The molecule has 0 amide bonds. The van der Waals surface area contributed by atoms with Crippen molar-refractivity contribution in [2.75, 3.05) is 20.3 Å². The number of allylic oxidation sites excluding steroid dienone is 3. The average Bonchev–Trinajstić information content (AvgIpc) is 2.75. The number of hydrogen-bond acceptors (Lipinski definition) is 8. The fraction of sp³-hybridized carbons (Fsp3) is 0.286. The Morgan fingerprint density at radius 1 is 1.23 bits per heavy atom. The van der Waals surface area contributed by atoms with Gasteiger partial charge in [-0.05, 0) is 19.4 Å². The third kappa shape index (κ3) is 5.19. The Bertz CT molecular complexity index is 997. The SMILES string of the molecule is C=CCOP(=O)(OCC=C)C1=C(C)NC(C)=C(C(=O)OC)C1c1cccc([N+](=O)[O-])c1. The molecule has 0 aliphatic carbocycles. The molecule has 1 aliphatic heterocycles. The molecule has 0 spiro atoms. The fourth-order valence-electron chi connectivity index (χ4n) is 3.35. The number of carbonyl (C=O) groups is 1. The molecule has 31 heavy (non-hydrogen) atoms. The summed E-state index contributed by atoms with van der Waals surface area (Å²) >= 11 is 0. The smallest absolute Gasteiger partial charge is 0.360 e. The first kappa shape index (κ1) is 24.3. The molecule has 1 aliphatic rings. The Balaban J connectivity index is 2.80. The molecule has 1 atom stereocenters. The second kappa shape index (κ2) is 10.3. The van der Waals surface area contributed by atoms with Gasteiger partial charge in [0.15, 0.2) is 0 Å². The van der Waals surface area contributed by atoms with Crippen molar-refractivity contribution in [1.29, 1.82) is 0 Å². The van der Waals surface area contributed by atoms with Crippen LogP contribution in [0.2, 0.25) is 0 Å². The number of esters is 1. The van der Waals surface area contributed by atoms with Crippen LogP contribution in [0.25, 0.3) is 0 Å². The van der Waals surface area contributed by atoms with Crippen molar-refractivity contribution < 1.29 is 28.1 Å². The van der Waals surface area contributed by atoms with Gasteiger partial charge in [-0.3, -0.25) is 14.7 Å². The number of rotatable bonds is 10. The summed E-state index contributed by atoms with van der Waals surface area (Å²) in [4.78, 5) is 23.5. The zero-order valence-corrected chi connectivity index (χ0v) is 18.5. The van der Waals surface area contributed by atoms with Gasteiger partial charge in [0.05, 0.1) is 42.1 Å². The van der Waals surface area contributed by atoms with Crippen molar-refractivity contribution in [3.8, 4) is 0 Å². The van der Waals surface area contributed by atoms with Crippen LogP contribution in [0.3, 0.4) is 0 Å². The van der Waals surface area contributed by atoms with Crippen LogP contribution >= 0.6 is 7.60 Å². The number of hydrogen-bond donors (Lipinski definition) is 1. The molecule has 1 unspecified atom stereocenters. The highest BCUT2D eigenvalue weighted by atomic mass is 31.2. The highest BCUT2D eigenvalue weighted by Crippen LogP contribution is 2.64. The molecule has 0 fully saturated rings. The van der Waals surface area contributed by atoms with Gasteiger partial charge in [0.2, 0.25) is 0 Å². The van der Waals surface area contributed by atoms with Gasteiger partial charge < -0.3 is 19.1 Å². The molecule has 10 heteroatoms. The maximum Gasteiger partial charge on any atom is 0.360 e. The summed E-state index contributed by atoms with van der Waals surface area (Å²) in [6, 6.07) is 5.76. The lowest BCUT2D eigenvalue weighted by Crippen LogP contribution is -2.29. The van der Waals surface area contributed by atoms with Gasteiger partial charge in [-0.1, -0.05) is 24.3 Å². The summed E-state index contributed by atoms with van der Waals surface area (Å²) in [6.07, 6.45) is 2.83. The largest absolute Gasteiger partial charge is 0.466 e. The summed E-state index contributed by atoms with van der Waals surface area (Å²) in [7, 11) is -2.77. The van der Waals surface area contributed by atoms with Crippen LogP contribution in [0.15, 0.2) is 71.9 Å². The molecule has 166 valence electrons. The number of methoxy groups -OCH3 is 1. The minimum Gasteiger partial charge on any atom is -0.466 e. The molecule has 0 bridgehead atoms. The predicted molar refractivity (Wildman–Crippen MR) is 116 cm³/mol. The van der Waals surface area contributed by atoms with E-state index in [2.05, 4.69) is 18.5 Å². The van der Waals surface area contributed by atoms with Crippen LogP contribution in [0.5, 0.6) is 0 Å². The quantitative estimate of drug-likeness (QED) is 0.182. The zero-order valence-electron chi connectivity index (χ0n) is 17.6. The van der Waals surface area contributed by atoms with Gasteiger partial charge in [0.25, 0.3) is 5.69 Å². The third-order valence-electron chi connectivity index (χ3n) is 4.56. The second-order valence-corrected chi connectivity index (χ2v) is 8.61. The standard InChI is InChI=1S/C21H25N2O7P/c1-6-11-29-31(27,30-12-7-2)20-15(4)22-14(3)18(21(24)28-5)19(20)16-9-8-10-17(13-16)23(25)26/h6-10,13,19,22H,1-2,11-12H2,3-5H3. The van der Waals surface area contributed by atoms with E-state index < -0.39 is 24.4 Å². The van der Waals surface area contributed by atoms with Crippen molar-refractivity contribution >= 4 is 19.3 Å². The number of non-ortho nitro benzene ring substituents is 1. The van der Waals surface area contributed by atoms with Crippen molar-refractivity contribution in [2.45, 2.75) is 19.8 Å². The first-order valence-electron chi connectivity index (χ1n) is 9.32. The molecule has 1 aromatic carbocycles. The Kier molecular flexibility index (Phi) is 8.10. The van der Waals surface area contributed by atoms with Crippen molar-refractivity contribution in [3.63, 3.8) is 0 Å². The van der Waals surface area contributed by atoms with Gasteiger partial charge in [-0.25, -0.2) is 4.79 Å². The van der Waals surface area contributed by atoms with Crippen LogP contribution in [-0.4, -0.2) is 31.2 Å². The molecule has 1 aromatic rings. The van der Waals surface area contributed by atoms with Crippen molar-refractivity contribution in [3.05, 3.63) is 87.5 Å². The molecule has 2 rings (SSSR count). The molecular formula is C21H25N2O7P. The summed E-state index contributed by atoms with van der Waals surface area (Å²) in [5, 5.41) is 14.5. The lowest BCUT2D eigenvalue weighted by molar-refractivity contribution is -0.384. The number of nitrogens with zero attached hydrogens (tertiary/aromatic N) is 1. The highest BCUT2D eigenvalue weighted by molar-refractivity contribution is 7.58. The van der Waals surface area contributed by atoms with Crippen molar-refractivity contribution in [1.82, 2.24) is 5.32 Å². The van der Waals surface area contributed by atoms with E-state index in [0.717, 1.165) is 0 Å². The molecule has 1 N–H and O–H groups in total. The Hall–Kier alpha value is -3.00. The van der Waals surface area contributed by atoms with E-state index in [4.69, 9.17) is 13.8 Å². The van der Waals surface area contributed by atoms with E-state index in [0.29, 0.717) is 17.0 Å². The van der Waals surface area contributed by atoms with E-state index in [1.54, 1.807) is 19.9 Å². The predicted octanol–water partition coefficient (Wildman–Crippen LogP) is 4.56. The van der Waals surface area contributed by atoms with E-state index >= 15 is 0 Å². The van der Waals surface area contributed by atoms with E-state index in [-0.39, 0.29) is 29.8 Å². The first-order chi connectivity index (χ1) is 14.7. The van der Waals surface area contributed by atoms with Gasteiger partial charge in [-0.2, -0.15) is 0 Å². The summed E-state index contributed by atoms with van der Waals surface area (Å²) in [5.74, 6) is -1.64. The minimum absolute atomic E-state index is 0.0802. The van der Waals surface area contributed by atoms with Gasteiger partial charge in [0.1, 0.15) is 0 Å². The maximum atomic E-state index is 13.9. The van der Waals surface area contributed by atoms with Gasteiger partial charge in [-0.15, -0.1) is 13.2 Å². The normalized spacial score (nSPS) is 16.5. The van der Waals surface area contributed by atoms with E-state index in [1.165, 1.54) is 37.5 Å². The molecule has 0 saturated heterocycles. The Morgan fingerprint density at radius 2 is 1.84 bits per heavy atom. The number of ether oxygens (including phenoxy) is 1. The highest BCUT2D eigenvalue weighted by Gasteiger charge is 2.44. The van der Waals surface area contributed by atoms with Crippen LogP contribution < -0.4 is 5.32 Å². The molecule has 0 radical (unpaired) electrons. The van der Waals surface area contributed by atoms with E-state index in [1.807, 2.05) is 0 Å². The Labute approximate surface area is 180 Å². The lowest BCUT2D eigenvalue weighted by atomic mass is 9.86. The number of benzene rings is 1. The summed E-state index contributed by atoms with van der Waals surface area (Å²) in [6.45, 7) is 10.3. The van der Waals surface area contributed by atoms with Crippen LogP contribution in [-0.2, 0) is 23.1 Å². The number of nitro benzene ring substituents is 1. The minimum atomic E-state index is -4.00. The van der Waals surface area contributed by atoms with Crippen LogP contribution in [0.1, 0.15) is 25.3 Å². The monoisotopic (exact) mass is 448 g/mol. The summed E-state index contributed by atoms with van der Waals surface area (Å²) < 4.78 is 30.0. The number of nitrogens with one attached hydrogen (secondary N) is 1. The number of nitro groups is 1. The molecule has 0 aromatic heterocycles. The van der Waals surface area contributed by atoms with E-state index in [9.17, 15) is 19.5 Å². The van der Waals surface area contributed by atoms with Gasteiger partial charge in [0, 0.05) is 23.5 Å². The molecular weight excluding hydrogens is 423 g/mol. The molecule has 9 nitrogen and oxygen atoms in total. The fourth-order valence-corrected chi connectivity index (χ4v) is 5.36. The zero-order chi connectivity index (χ0) is 23.2. The first-order valence-corrected chi connectivity index (χ1v) is 10.9.